The van der Waals surface area contributed by atoms with E-state index in [4.69, 9.17) is 14.6 Å². The summed E-state index contributed by atoms with van der Waals surface area (Å²) in [6.45, 7) is 4.27. The summed E-state index contributed by atoms with van der Waals surface area (Å²) < 4.78 is 11.0. The third-order valence-electron chi connectivity index (χ3n) is 4.43. The van der Waals surface area contributed by atoms with Gasteiger partial charge >= 0.3 is 0 Å². The van der Waals surface area contributed by atoms with E-state index in [-0.39, 0.29) is 25.2 Å². The van der Waals surface area contributed by atoms with Crippen LogP contribution in [0.4, 0.5) is 0 Å². The molecule has 148 valence electrons. The first-order valence-corrected chi connectivity index (χ1v) is 9.98. The molecular formula is C21H27BrO5. The normalized spacial score (nSPS) is 13.9. The van der Waals surface area contributed by atoms with Crippen LogP contribution in [0.2, 0.25) is 0 Å². The molecule has 0 fully saturated rings. The summed E-state index contributed by atoms with van der Waals surface area (Å²) in [5.41, 5.74) is 2.05. The molecule has 2 aromatic rings. The van der Waals surface area contributed by atoms with Crippen molar-refractivity contribution in [3.8, 4) is 11.5 Å². The van der Waals surface area contributed by atoms with Crippen molar-refractivity contribution >= 4 is 15.9 Å². The van der Waals surface area contributed by atoms with Gasteiger partial charge in [-0.15, -0.1) is 0 Å². The molecule has 6 heteroatoms. The number of hydrogen-bond acceptors (Lipinski definition) is 5. The molecule has 5 nitrogen and oxygen atoms in total. The molecule has 0 saturated heterocycles. The number of alkyl halides is 1. The maximum absolute atomic E-state index is 9.55. The molecule has 0 heterocycles. The second-order valence-corrected chi connectivity index (χ2v) is 7.59. The first-order chi connectivity index (χ1) is 12.9. The Labute approximate surface area is 168 Å². The summed E-state index contributed by atoms with van der Waals surface area (Å²) in [6.07, 6.45) is -1.40. The Bertz CT molecular complexity index is 625. The zero-order chi connectivity index (χ0) is 19.9. The summed E-state index contributed by atoms with van der Waals surface area (Å²) in [6, 6.07) is 15.6. The van der Waals surface area contributed by atoms with Crippen LogP contribution in [0.5, 0.6) is 11.5 Å². The number of aliphatic hydroxyl groups is 3. The molecule has 2 rings (SSSR count). The van der Waals surface area contributed by atoms with Gasteiger partial charge in [0, 0.05) is 10.7 Å². The van der Waals surface area contributed by atoms with Crippen LogP contribution < -0.4 is 9.47 Å². The lowest BCUT2D eigenvalue weighted by Crippen LogP contribution is -2.21. The number of aliphatic hydroxyl groups excluding tert-OH is 3. The van der Waals surface area contributed by atoms with E-state index < -0.39 is 12.2 Å². The van der Waals surface area contributed by atoms with Crippen LogP contribution in [0.15, 0.2) is 48.5 Å². The Morgan fingerprint density at radius 3 is 1.59 bits per heavy atom. The van der Waals surface area contributed by atoms with E-state index in [1.165, 1.54) is 0 Å². The fraction of sp³-hybridized carbons (Fsp3) is 0.429. The van der Waals surface area contributed by atoms with Gasteiger partial charge in [-0.05, 0) is 35.4 Å². The number of benzene rings is 2. The fourth-order valence-corrected chi connectivity index (χ4v) is 2.77. The lowest BCUT2D eigenvalue weighted by molar-refractivity contribution is 0.0536. The Hall–Kier alpha value is -1.60. The molecule has 0 aromatic heterocycles. The maximum Gasteiger partial charge on any atom is 0.119 e. The largest absolute Gasteiger partial charge is 0.491 e. The van der Waals surface area contributed by atoms with E-state index in [0.717, 1.165) is 16.9 Å². The Balaban J connectivity index is 2.04. The predicted molar refractivity (Wildman–Crippen MR) is 109 cm³/mol. The molecule has 0 radical (unpaired) electrons. The average Bonchev–Trinajstić information content (AvgIpc) is 2.70. The van der Waals surface area contributed by atoms with Crippen LogP contribution in [0.25, 0.3) is 0 Å². The quantitative estimate of drug-likeness (QED) is 0.497. The van der Waals surface area contributed by atoms with Gasteiger partial charge in [0.2, 0.25) is 0 Å². The van der Waals surface area contributed by atoms with Gasteiger partial charge in [-0.1, -0.05) is 54.0 Å². The van der Waals surface area contributed by atoms with Gasteiger partial charge < -0.3 is 24.8 Å². The lowest BCUT2D eigenvalue weighted by Gasteiger charge is -2.26. The number of rotatable bonds is 10. The predicted octanol–water partition coefficient (Wildman–Crippen LogP) is 2.88. The summed E-state index contributed by atoms with van der Waals surface area (Å²) in [7, 11) is 0. The zero-order valence-electron chi connectivity index (χ0n) is 15.6. The van der Waals surface area contributed by atoms with Crippen molar-refractivity contribution < 1.29 is 24.8 Å². The minimum absolute atomic E-state index is 0.0600. The third-order valence-corrected chi connectivity index (χ3v) is 5.17. The summed E-state index contributed by atoms with van der Waals surface area (Å²) in [5, 5.41) is 28.2. The first kappa shape index (κ1) is 21.7. The monoisotopic (exact) mass is 438 g/mol. The van der Waals surface area contributed by atoms with Crippen molar-refractivity contribution in [2.45, 2.75) is 31.5 Å². The van der Waals surface area contributed by atoms with Gasteiger partial charge in [-0.3, -0.25) is 0 Å². The van der Waals surface area contributed by atoms with E-state index in [1.54, 1.807) is 0 Å². The highest BCUT2D eigenvalue weighted by atomic mass is 79.9. The number of ether oxygens (including phenoxy) is 2. The smallest absolute Gasteiger partial charge is 0.119 e. The van der Waals surface area contributed by atoms with Gasteiger partial charge in [-0.2, -0.15) is 0 Å². The molecule has 0 spiro atoms. The van der Waals surface area contributed by atoms with Crippen molar-refractivity contribution in [1.82, 2.24) is 0 Å². The molecule has 3 N–H and O–H groups in total. The molecule has 2 aromatic carbocycles. The molecule has 0 aliphatic heterocycles. The molecule has 27 heavy (non-hydrogen) atoms. The van der Waals surface area contributed by atoms with E-state index in [0.29, 0.717) is 11.1 Å². The van der Waals surface area contributed by atoms with Crippen molar-refractivity contribution in [3.63, 3.8) is 0 Å². The van der Waals surface area contributed by atoms with E-state index in [1.807, 2.05) is 48.5 Å². The van der Waals surface area contributed by atoms with Gasteiger partial charge in [-0.25, -0.2) is 0 Å². The van der Waals surface area contributed by atoms with Crippen molar-refractivity contribution in [1.29, 1.82) is 0 Å². The van der Waals surface area contributed by atoms with E-state index >= 15 is 0 Å². The second-order valence-electron chi connectivity index (χ2n) is 6.94. The van der Waals surface area contributed by atoms with Crippen LogP contribution in [0.1, 0.15) is 25.0 Å². The lowest BCUT2D eigenvalue weighted by atomic mass is 9.78. The third kappa shape index (κ3) is 6.21. The molecular weight excluding hydrogens is 412 g/mol. The molecule has 2 atom stereocenters. The first-order valence-electron chi connectivity index (χ1n) is 8.86. The minimum Gasteiger partial charge on any atom is -0.491 e. The SMILES string of the molecule is CC(C)(c1ccc(OC[C@H](O)CO)cc1)c1ccc(OC[C@H](O)CBr)cc1. The molecule has 0 bridgehead atoms. The van der Waals surface area contributed by atoms with Gasteiger partial charge in [0.1, 0.15) is 30.8 Å². The summed E-state index contributed by atoms with van der Waals surface area (Å²) >= 11 is 3.21. The molecule has 0 amide bonds. The van der Waals surface area contributed by atoms with Crippen molar-refractivity contribution in [2.75, 3.05) is 25.2 Å². The van der Waals surface area contributed by atoms with Crippen molar-refractivity contribution in [2.24, 2.45) is 0 Å². The zero-order valence-corrected chi connectivity index (χ0v) is 17.2. The summed E-state index contributed by atoms with van der Waals surface area (Å²) in [5.74, 6) is 1.37. The highest BCUT2D eigenvalue weighted by molar-refractivity contribution is 9.09. The van der Waals surface area contributed by atoms with Crippen LogP contribution in [0.3, 0.4) is 0 Å². The highest BCUT2D eigenvalue weighted by Crippen LogP contribution is 2.33. The van der Waals surface area contributed by atoms with Crippen LogP contribution in [-0.2, 0) is 5.41 Å². The van der Waals surface area contributed by atoms with Crippen LogP contribution in [0, 0.1) is 0 Å². The Morgan fingerprint density at radius 2 is 1.22 bits per heavy atom. The number of hydrogen-bond donors (Lipinski definition) is 3. The van der Waals surface area contributed by atoms with Gasteiger partial charge in [0.05, 0.1) is 12.7 Å². The molecule has 0 saturated carbocycles. The van der Waals surface area contributed by atoms with E-state index in [2.05, 4.69) is 29.8 Å². The van der Waals surface area contributed by atoms with Crippen molar-refractivity contribution in [3.05, 3.63) is 59.7 Å². The van der Waals surface area contributed by atoms with Crippen LogP contribution in [-0.4, -0.2) is 52.7 Å². The molecule has 0 unspecified atom stereocenters. The van der Waals surface area contributed by atoms with Gasteiger partial charge in [0.15, 0.2) is 0 Å². The number of halogens is 1. The second kappa shape index (κ2) is 10.1. The standard InChI is InChI=1S/C21H27BrO5/c1-21(2,15-3-7-19(8-4-15)26-13-17(24)11-22)16-5-9-20(10-6-16)27-14-18(25)12-23/h3-10,17-18,23-25H,11-14H2,1-2H3/t17-,18-/m1/s1. The average molecular weight is 439 g/mol. The molecule has 0 aliphatic carbocycles. The fourth-order valence-electron chi connectivity index (χ4n) is 2.58. The van der Waals surface area contributed by atoms with Gasteiger partial charge in [0.25, 0.3) is 0 Å². The van der Waals surface area contributed by atoms with E-state index in [9.17, 15) is 10.2 Å². The minimum atomic E-state index is -0.877. The molecule has 0 aliphatic rings. The summed E-state index contributed by atoms with van der Waals surface area (Å²) in [4.78, 5) is 0. The topological polar surface area (TPSA) is 79.2 Å². The van der Waals surface area contributed by atoms with Crippen LogP contribution >= 0.6 is 15.9 Å². The Kier molecular flexibility index (Phi) is 8.10. The highest BCUT2D eigenvalue weighted by Gasteiger charge is 2.23. The maximum atomic E-state index is 9.55. The Morgan fingerprint density at radius 1 is 0.815 bits per heavy atom.